The highest BCUT2D eigenvalue weighted by molar-refractivity contribution is 8.26. The first kappa shape index (κ1) is 17.1. The van der Waals surface area contributed by atoms with Crippen molar-refractivity contribution in [2.24, 2.45) is 0 Å². The van der Waals surface area contributed by atoms with Gasteiger partial charge in [-0.25, -0.2) is 0 Å². The van der Waals surface area contributed by atoms with Crippen LogP contribution in [-0.4, -0.2) is 34.8 Å². The molecule has 1 fully saturated rings. The number of carbonyl (C=O) groups excluding carboxylic acids is 2. The summed E-state index contributed by atoms with van der Waals surface area (Å²) < 4.78 is 5.33. The van der Waals surface area contributed by atoms with E-state index in [0.717, 1.165) is 16.7 Å². The number of hydrogen-bond donors (Lipinski definition) is 0. The molecule has 5 nitrogen and oxygen atoms in total. The van der Waals surface area contributed by atoms with Crippen LogP contribution < -0.4 is 9.84 Å². The number of thiocarbonyl (C=S) groups is 1. The predicted octanol–water partition coefficient (Wildman–Crippen LogP) is 1.95. The SMILES string of the molecule is COc1c(Cl)cc(Cl)cc1/C=C1\SC(=S)N(CC(=O)[O-])C1=O. The Labute approximate surface area is 145 Å². The molecule has 0 aliphatic carbocycles. The molecule has 1 amide bonds. The third-order valence-electron chi connectivity index (χ3n) is 2.69. The molecule has 0 N–H and O–H groups in total. The van der Waals surface area contributed by atoms with Gasteiger partial charge in [-0.3, -0.25) is 9.69 Å². The fraction of sp³-hybridized carbons (Fsp3) is 0.154. The van der Waals surface area contributed by atoms with Crippen molar-refractivity contribution in [2.75, 3.05) is 13.7 Å². The number of nitrogens with zero attached hydrogens (tertiary/aromatic N) is 1. The Morgan fingerprint density at radius 2 is 2.18 bits per heavy atom. The van der Waals surface area contributed by atoms with Crippen molar-refractivity contribution in [3.05, 3.63) is 32.6 Å². The zero-order valence-electron chi connectivity index (χ0n) is 11.1. The Morgan fingerprint density at radius 1 is 1.50 bits per heavy atom. The van der Waals surface area contributed by atoms with Gasteiger partial charge in [0.2, 0.25) is 0 Å². The fourth-order valence-corrected chi connectivity index (χ4v) is 3.64. The number of amides is 1. The van der Waals surface area contributed by atoms with Crippen molar-refractivity contribution in [1.82, 2.24) is 4.90 Å². The van der Waals surface area contributed by atoms with Crippen LogP contribution in [0.5, 0.6) is 5.75 Å². The van der Waals surface area contributed by atoms with E-state index in [-0.39, 0.29) is 9.23 Å². The summed E-state index contributed by atoms with van der Waals surface area (Å²) in [7, 11) is 1.44. The van der Waals surface area contributed by atoms with Gasteiger partial charge in [0.15, 0.2) is 0 Å². The van der Waals surface area contributed by atoms with Gasteiger partial charge < -0.3 is 14.6 Å². The van der Waals surface area contributed by atoms with E-state index in [9.17, 15) is 14.7 Å². The normalized spacial score (nSPS) is 16.5. The largest absolute Gasteiger partial charge is 0.548 e. The van der Waals surface area contributed by atoms with Crippen LogP contribution in [0.15, 0.2) is 17.0 Å². The first-order valence-electron chi connectivity index (χ1n) is 5.81. The van der Waals surface area contributed by atoms with E-state index in [1.165, 1.54) is 19.3 Å². The van der Waals surface area contributed by atoms with Crippen molar-refractivity contribution in [1.29, 1.82) is 0 Å². The second-order valence-electron chi connectivity index (χ2n) is 4.15. The molecule has 1 aliphatic rings. The van der Waals surface area contributed by atoms with Gasteiger partial charge in [0.05, 0.1) is 29.6 Å². The molecule has 1 heterocycles. The standard InChI is InChI=1S/C13H9Cl2NO4S2/c1-20-11-6(2-7(14)4-8(11)15)3-9-12(19)16(5-10(17)18)13(21)22-9/h2-4H,5H2,1H3,(H,17,18)/p-1/b9-3-. The first-order valence-corrected chi connectivity index (χ1v) is 7.79. The molecule has 1 aromatic rings. The lowest BCUT2D eigenvalue weighted by atomic mass is 10.2. The molecule has 116 valence electrons. The molecule has 0 unspecified atom stereocenters. The predicted molar refractivity (Wildman–Crippen MR) is 87.9 cm³/mol. The molecule has 9 heteroatoms. The summed E-state index contributed by atoms with van der Waals surface area (Å²) >= 11 is 18.0. The molecule has 0 aromatic heterocycles. The number of methoxy groups -OCH3 is 1. The van der Waals surface area contributed by atoms with Crippen LogP contribution in [-0.2, 0) is 9.59 Å². The number of carboxylic acid groups (broad SMARTS) is 1. The molecule has 0 saturated carbocycles. The number of carbonyl (C=O) groups is 2. The molecular formula is C13H8Cl2NO4S2-. The lowest BCUT2D eigenvalue weighted by Gasteiger charge is -2.14. The molecule has 1 aliphatic heterocycles. The number of hydrogen-bond acceptors (Lipinski definition) is 6. The van der Waals surface area contributed by atoms with Crippen molar-refractivity contribution in [3.63, 3.8) is 0 Å². The summed E-state index contributed by atoms with van der Waals surface area (Å²) in [6, 6.07) is 3.10. The molecule has 1 saturated heterocycles. The van der Waals surface area contributed by atoms with Crippen LogP contribution in [0.2, 0.25) is 10.0 Å². The third-order valence-corrected chi connectivity index (χ3v) is 4.57. The number of ether oxygens (including phenoxy) is 1. The Kier molecular flexibility index (Phi) is 5.33. The Balaban J connectivity index is 2.41. The summed E-state index contributed by atoms with van der Waals surface area (Å²) in [4.78, 5) is 24.0. The van der Waals surface area contributed by atoms with Crippen LogP contribution >= 0.6 is 47.2 Å². The highest BCUT2D eigenvalue weighted by Crippen LogP contribution is 2.37. The zero-order chi connectivity index (χ0) is 16.4. The summed E-state index contributed by atoms with van der Waals surface area (Å²) in [5.74, 6) is -1.55. The number of rotatable bonds is 4. The minimum atomic E-state index is -1.39. The van der Waals surface area contributed by atoms with E-state index in [2.05, 4.69) is 0 Å². The van der Waals surface area contributed by atoms with Crippen molar-refractivity contribution < 1.29 is 19.4 Å². The van der Waals surface area contributed by atoms with Crippen LogP contribution in [0.3, 0.4) is 0 Å². The van der Waals surface area contributed by atoms with E-state index < -0.39 is 18.4 Å². The molecule has 0 atom stereocenters. The molecular weight excluding hydrogens is 369 g/mol. The fourth-order valence-electron chi connectivity index (χ4n) is 1.81. The highest BCUT2D eigenvalue weighted by Gasteiger charge is 2.32. The zero-order valence-corrected chi connectivity index (χ0v) is 14.2. The summed E-state index contributed by atoms with van der Waals surface area (Å²) in [6.45, 7) is -0.588. The minimum Gasteiger partial charge on any atom is -0.548 e. The maximum Gasteiger partial charge on any atom is 0.266 e. The third kappa shape index (κ3) is 3.55. The molecule has 0 spiro atoms. The van der Waals surface area contributed by atoms with Gasteiger partial charge in [0.25, 0.3) is 5.91 Å². The maximum atomic E-state index is 12.2. The van der Waals surface area contributed by atoms with Gasteiger partial charge in [-0.05, 0) is 18.2 Å². The second-order valence-corrected chi connectivity index (χ2v) is 6.67. The number of aliphatic carboxylic acids is 1. The minimum absolute atomic E-state index is 0.146. The average Bonchev–Trinajstić information content (AvgIpc) is 2.65. The van der Waals surface area contributed by atoms with Gasteiger partial charge in [-0.15, -0.1) is 0 Å². The first-order chi connectivity index (χ1) is 10.3. The van der Waals surface area contributed by atoms with Crippen LogP contribution in [0.25, 0.3) is 6.08 Å². The molecule has 0 radical (unpaired) electrons. The Morgan fingerprint density at radius 3 is 2.77 bits per heavy atom. The van der Waals surface area contributed by atoms with E-state index in [1.807, 2.05) is 0 Å². The monoisotopic (exact) mass is 376 g/mol. The maximum absolute atomic E-state index is 12.2. The quantitative estimate of drug-likeness (QED) is 0.590. The Hall–Kier alpha value is -1.28. The van der Waals surface area contributed by atoms with Crippen molar-refractivity contribution >= 4 is 69.5 Å². The van der Waals surface area contributed by atoms with Crippen molar-refractivity contribution in [2.45, 2.75) is 0 Å². The molecule has 0 bridgehead atoms. The lowest BCUT2D eigenvalue weighted by molar-refractivity contribution is -0.305. The van der Waals surface area contributed by atoms with E-state index >= 15 is 0 Å². The van der Waals surface area contributed by atoms with Gasteiger partial charge in [0, 0.05) is 10.6 Å². The number of carboxylic acids is 1. The number of halogens is 2. The highest BCUT2D eigenvalue weighted by atomic mass is 35.5. The topological polar surface area (TPSA) is 69.7 Å². The lowest BCUT2D eigenvalue weighted by Crippen LogP contribution is -2.40. The second kappa shape index (κ2) is 6.87. The Bertz CT molecular complexity index is 706. The van der Waals surface area contributed by atoms with Gasteiger partial charge >= 0.3 is 0 Å². The van der Waals surface area contributed by atoms with Gasteiger partial charge in [-0.1, -0.05) is 47.2 Å². The van der Waals surface area contributed by atoms with Crippen LogP contribution in [0.1, 0.15) is 5.56 Å². The molecule has 1 aromatic carbocycles. The van der Waals surface area contributed by atoms with E-state index in [4.69, 9.17) is 40.2 Å². The summed E-state index contributed by atoms with van der Waals surface area (Å²) in [6.07, 6.45) is 1.51. The average molecular weight is 377 g/mol. The molecule has 2 rings (SSSR count). The van der Waals surface area contributed by atoms with Gasteiger partial charge in [0.1, 0.15) is 10.1 Å². The number of thioether (sulfide) groups is 1. The van der Waals surface area contributed by atoms with E-state index in [1.54, 1.807) is 6.07 Å². The van der Waals surface area contributed by atoms with E-state index in [0.29, 0.717) is 21.4 Å². The summed E-state index contributed by atoms with van der Waals surface area (Å²) in [5.41, 5.74) is 0.494. The molecule has 22 heavy (non-hydrogen) atoms. The number of benzene rings is 1. The van der Waals surface area contributed by atoms with Crippen LogP contribution in [0, 0.1) is 0 Å². The smallest absolute Gasteiger partial charge is 0.266 e. The van der Waals surface area contributed by atoms with Crippen molar-refractivity contribution in [3.8, 4) is 5.75 Å². The van der Waals surface area contributed by atoms with Gasteiger partial charge in [-0.2, -0.15) is 0 Å². The van der Waals surface area contributed by atoms with Crippen LogP contribution in [0.4, 0.5) is 0 Å². The summed E-state index contributed by atoms with van der Waals surface area (Å²) in [5, 5.41) is 11.3.